The predicted molar refractivity (Wildman–Crippen MR) is 83.0 cm³/mol. The standard InChI is InChI=1S/C17H25NO/c1-6-17(19,15(3)13-18(4)5)14(2)12-16-10-8-7-9-11-16/h6-12,15,19H,1,13H2,2-5H3/b14-12+. The van der Waals surface area contributed by atoms with Crippen LogP contribution in [0.2, 0.25) is 0 Å². The van der Waals surface area contributed by atoms with Gasteiger partial charge in [0.05, 0.1) is 0 Å². The molecule has 2 heteroatoms. The lowest BCUT2D eigenvalue weighted by molar-refractivity contribution is 0.0596. The minimum Gasteiger partial charge on any atom is -0.381 e. The Morgan fingerprint density at radius 2 is 1.95 bits per heavy atom. The van der Waals surface area contributed by atoms with Crippen LogP contribution in [0.4, 0.5) is 0 Å². The van der Waals surface area contributed by atoms with Gasteiger partial charge in [-0.1, -0.05) is 56.0 Å². The molecule has 2 nitrogen and oxygen atoms in total. The third-order valence-electron chi connectivity index (χ3n) is 3.52. The Balaban J connectivity index is 3.01. The van der Waals surface area contributed by atoms with E-state index in [-0.39, 0.29) is 5.92 Å². The summed E-state index contributed by atoms with van der Waals surface area (Å²) in [4.78, 5) is 2.08. The highest BCUT2D eigenvalue weighted by Gasteiger charge is 2.32. The fourth-order valence-electron chi connectivity index (χ4n) is 2.35. The van der Waals surface area contributed by atoms with Crippen molar-refractivity contribution in [3.63, 3.8) is 0 Å². The van der Waals surface area contributed by atoms with E-state index in [9.17, 15) is 5.11 Å². The van der Waals surface area contributed by atoms with Crippen LogP contribution in [-0.2, 0) is 0 Å². The highest BCUT2D eigenvalue weighted by molar-refractivity contribution is 5.55. The van der Waals surface area contributed by atoms with Gasteiger partial charge in [0.1, 0.15) is 5.60 Å². The smallest absolute Gasteiger partial charge is 0.107 e. The summed E-state index contributed by atoms with van der Waals surface area (Å²) in [6, 6.07) is 10.0. The van der Waals surface area contributed by atoms with Gasteiger partial charge in [0.2, 0.25) is 0 Å². The number of nitrogens with zero attached hydrogens (tertiary/aromatic N) is 1. The Labute approximate surface area is 117 Å². The molecule has 0 saturated carbocycles. The van der Waals surface area contributed by atoms with E-state index in [4.69, 9.17) is 0 Å². The monoisotopic (exact) mass is 259 g/mol. The van der Waals surface area contributed by atoms with Crippen molar-refractivity contribution in [2.24, 2.45) is 5.92 Å². The summed E-state index contributed by atoms with van der Waals surface area (Å²) in [5, 5.41) is 10.9. The van der Waals surface area contributed by atoms with Crippen molar-refractivity contribution in [1.82, 2.24) is 4.90 Å². The van der Waals surface area contributed by atoms with Crippen molar-refractivity contribution in [3.8, 4) is 0 Å². The van der Waals surface area contributed by atoms with E-state index in [2.05, 4.69) is 11.5 Å². The Bertz CT molecular complexity index is 436. The van der Waals surface area contributed by atoms with Crippen molar-refractivity contribution >= 4 is 6.08 Å². The van der Waals surface area contributed by atoms with Crippen molar-refractivity contribution in [3.05, 3.63) is 54.1 Å². The maximum absolute atomic E-state index is 10.9. The number of hydrogen-bond acceptors (Lipinski definition) is 2. The molecule has 0 radical (unpaired) electrons. The van der Waals surface area contributed by atoms with Crippen molar-refractivity contribution in [1.29, 1.82) is 0 Å². The summed E-state index contributed by atoms with van der Waals surface area (Å²) in [7, 11) is 4.02. The van der Waals surface area contributed by atoms with E-state index in [1.807, 2.05) is 64.4 Å². The van der Waals surface area contributed by atoms with Gasteiger partial charge in [0.25, 0.3) is 0 Å². The lowest BCUT2D eigenvalue weighted by Crippen LogP contribution is -2.40. The van der Waals surface area contributed by atoms with Gasteiger partial charge in [-0.3, -0.25) is 0 Å². The zero-order valence-corrected chi connectivity index (χ0v) is 12.4. The van der Waals surface area contributed by atoms with E-state index in [0.717, 1.165) is 17.7 Å². The zero-order chi connectivity index (χ0) is 14.5. The SMILES string of the molecule is C=CC(O)(/C(C)=C/c1ccccc1)C(C)CN(C)C. The molecule has 0 bridgehead atoms. The Morgan fingerprint density at radius 1 is 1.37 bits per heavy atom. The van der Waals surface area contributed by atoms with Crippen molar-refractivity contribution in [2.45, 2.75) is 19.4 Å². The van der Waals surface area contributed by atoms with Crippen LogP contribution in [0.3, 0.4) is 0 Å². The maximum atomic E-state index is 10.9. The Kier molecular flexibility index (Phi) is 5.52. The van der Waals surface area contributed by atoms with E-state index < -0.39 is 5.60 Å². The van der Waals surface area contributed by atoms with Gasteiger partial charge in [0.15, 0.2) is 0 Å². The van der Waals surface area contributed by atoms with Gasteiger partial charge in [0, 0.05) is 12.5 Å². The molecule has 0 aromatic heterocycles. The molecule has 1 N–H and O–H groups in total. The fraction of sp³-hybridized carbons (Fsp3) is 0.412. The molecule has 19 heavy (non-hydrogen) atoms. The highest BCUT2D eigenvalue weighted by atomic mass is 16.3. The van der Waals surface area contributed by atoms with Crippen LogP contribution in [0, 0.1) is 5.92 Å². The third kappa shape index (κ3) is 4.05. The number of aliphatic hydroxyl groups is 1. The molecule has 0 spiro atoms. The first-order chi connectivity index (χ1) is 8.90. The van der Waals surface area contributed by atoms with Crippen LogP contribution in [0.15, 0.2) is 48.6 Å². The molecule has 0 saturated heterocycles. The number of rotatable bonds is 6. The molecule has 0 heterocycles. The first-order valence-electron chi connectivity index (χ1n) is 6.64. The molecule has 0 aliphatic carbocycles. The largest absolute Gasteiger partial charge is 0.381 e. The quantitative estimate of drug-likeness (QED) is 0.793. The molecule has 2 atom stereocenters. The first-order valence-corrected chi connectivity index (χ1v) is 6.64. The summed E-state index contributed by atoms with van der Waals surface area (Å²) in [6.07, 6.45) is 3.67. The molecule has 0 fully saturated rings. The second kappa shape index (κ2) is 6.69. The molecule has 1 rings (SSSR count). The average Bonchev–Trinajstić information content (AvgIpc) is 2.37. The van der Waals surface area contributed by atoms with E-state index in [1.165, 1.54) is 0 Å². The molecule has 0 aliphatic heterocycles. The molecular formula is C17H25NO. The normalized spacial score (nSPS) is 17.1. The predicted octanol–water partition coefficient (Wildman–Crippen LogP) is 3.20. The summed E-state index contributed by atoms with van der Waals surface area (Å²) in [5.74, 6) is 0.0833. The molecule has 104 valence electrons. The summed E-state index contributed by atoms with van der Waals surface area (Å²) in [6.45, 7) is 8.63. The maximum Gasteiger partial charge on any atom is 0.107 e. The van der Waals surface area contributed by atoms with E-state index in [1.54, 1.807) is 6.08 Å². The van der Waals surface area contributed by atoms with E-state index >= 15 is 0 Å². The molecule has 0 aliphatic rings. The van der Waals surface area contributed by atoms with Gasteiger partial charge in [-0.15, -0.1) is 0 Å². The Morgan fingerprint density at radius 3 is 2.42 bits per heavy atom. The lowest BCUT2D eigenvalue weighted by atomic mass is 9.81. The summed E-state index contributed by atoms with van der Waals surface area (Å²) >= 11 is 0. The average molecular weight is 259 g/mol. The second-order valence-electron chi connectivity index (χ2n) is 5.43. The number of hydrogen-bond donors (Lipinski definition) is 1. The van der Waals surface area contributed by atoms with Crippen LogP contribution < -0.4 is 0 Å². The van der Waals surface area contributed by atoms with Gasteiger partial charge < -0.3 is 10.0 Å². The van der Waals surface area contributed by atoms with Crippen LogP contribution in [0.1, 0.15) is 19.4 Å². The van der Waals surface area contributed by atoms with E-state index in [0.29, 0.717) is 0 Å². The zero-order valence-electron chi connectivity index (χ0n) is 12.4. The number of benzene rings is 1. The summed E-state index contributed by atoms with van der Waals surface area (Å²) < 4.78 is 0. The lowest BCUT2D eigenvalue weighted by Gasteiger charge is -2.34. The van der Waals surface area contributed by atoms with Crippen LogP contribution in [-0.4, -0.2) is 36.2 Å². The van der Waals surface area contributed by atoms with Crippen molar-refractivity contribution in [2.75, 3.05) is 20.6 Å². The van der Waals surface area contributed by atoms with Crippen molar-refractivity contribution < 1.29 is 5.11 Å². The van der Waals surface area contributed by atoms with Crippen LogP contribution in [0.5, 0.6) is 0 Å². The van der Waals surface area contributed by atoms with Crippen LogP contribution >= 0.6 is 0 Å². The Hall–Kier alpha value is -1.38. The minimum absolute atomic E-state index is 0.0833. The third-order valence-corrected chi connectivity index (χ3v) is 3.52. The first kappa shape index (κ1) is 15.7. The minimum atomic E-state index is -0.972. The highest BCUT2D eigenvalue weighted by Crippen LogP contribution is 2.29. The van der Waals surface area contributed by atoms with Gasteiger partial charge in [-0.25, -0.2) is 0 Å². The van der Waals surface area contributed by atoms with Gasteiger partial charge in [-0.05, 0) is 32.2 Å². The molecule has 0 amide bonds. The second-order valence-corrected chi connectivity index (χ2v) is 5.43. The molecule has 2 unspecified atom stereocenters. The molecular weight excluding hydrogens is 234 g/mol. The topological polar surface area (TPSA) is 23.5 Å². The molecule has 1 aromatic carbocycles. The molecule has 1 aromatic rings. The van der Waals surface area contributed by atoms with Gasteiger partial charge >= 0.3 is 0 Å². The summed E-state index contributed by atoms with van der Waals surface area (Å²) in [5.41, 5.74) is 1.04. The van der Waals surface area contributed by atoms with Gasteiger partial charge in [-0.2, -0.15) is 0 Å². The van der Waals surface area contributed by atoms with Crippen LogP contribution in [0.25, 0.3) is 6.08 Å². The fourth-order valence-corrected chi connectivity index (χ4v) is 2.35.